The summed E-state index contributed by atoms with van der Waals surface area (Å²) in [5, 5.41) is 5.66. The molecule has 4 nitrogen and oxygen atoms in total. The van der Waals surface area contributed by atoms with E-state index in [4.69, 9.17) is 0 Å². The van der Waals surface area contributed by atoms with Crippen LogP contribution in [0, 0.1) is 5.41 Å². The van der Waals surface area contributed by atoms with Gasteiger partial charge in [0.25, 0.3) is 0 Å². The molecule has 4 heteroatoms. The van der Waals surface area contributed by atoms with E-state index in [-0.39, 0.29) is 23.7 Å². The molecule has 0 fully saturated rings. The quantitative estimate of drug-likeness (QED) is 0.709. The average Bonchev–Trinajstić information content (AvgIpc) is 2.08. The molecule has 0 aromatic heterocycles. The van der Waals surface area contributed by atoms with Crippen molar-refractivity contribution in [2.75, 3.05) is 13.1 Å². The van der Waals surface area contributed by atoms with Gasteiger partial charge in [-0.1, -0.05) is 27.7 Å². The molecule has 0 heterocycles. The summed E-state index contributed by atoms with van der Waals surface area (Å²) in [5.41, 5.74) is -0.242. The monoisotopic (exact) mass is 214 g/mol. The zero-order valence-electron chi connectivity index (χ0n) is 10.3. The van der Waals surface area contributed by atoms with Gasteiger partial charge in [-0.25, -0.2) is 0 Å². The number of hydrogen-bond donors (Lipinski definition) is 2. The minimum Gasteiger partial charge on any atom is -0.345 e. The number of ketones is 1. The lowest BCUT2D eigenvalue weighted by Crippen LogP contribution is -2.50. The highest BCUT2D eigenvalue weighted by molar-refractivity contribution is 5.88. The smallest absolute Gasteiger partial charge is 0.234 e. The van der Waals surface area contributed by atoms with E-state index in [2.05, 4.69) is 10.6 Å². The van der Waals surface area contributed by atoms with Crippen LogP contribution >= 0.6 is 0 Å². The number of nitrogens with one attached hydrogen (secondary N) is 2. The number of likely N-dealkylation sites (N-methyl/N-ethyl adjacent to an activating group) is 1. The van der Waals surface area contributed by atoms with Crippen LogP contribution in [0.3, 0.4) is 0 Å². The van der Waals surface area contributed by atoms with Crippen LogP contribution < -0.4 is 10.6 Å². The van der Waals surface area contributed by atoms with Gasteiger partial charge >= 0.3 is 0 Å². The molecule has 0 rings (SSSR count). The third-order valence-electron chi connectivity index (χ3n) is 2.11. The van der Waals surface area contributed by atoms with Crippen molar-refractivity contribution in [1.82, 2.24) is 10.6 Å². The first-order chi connectivity index (χ1) is 6.79. The molecule has 15 heavy (non-hydrogen) atoms. The predicted octanol–water partition coefficient (Wildman–Crippen LogP) is 0.716. The van der Waals surface area contributed by atoms with Crippen LogP contribution in [0.4, 0.5) is 0 Å². The molecular weight excluding hydrogens is 192 g/mol. The van der Waals surface area contributed by atoms with Gasteiger partial charge in [0.15, 0.2) is 5.78 Å². The molecule has 0 spiro atoms. The Hall–Kier alpha value is -0.900. The highest BCUT2D eigenvalue weighted by atomic mass is 16.2. The van der Waals surface area contributed by atoms with E-state index in [0.29, 0.717) is 0 Å². The van der Waals surface area contributed by atoms with E-state index >= 15 is 0 Å². The van der Waals surface area contributed by atoms with Gasteiger partial charge in [-0.3, -0.25) is 9.59 Å². The van der Waals surface area contributed by atoms with Crippen molar-refractivity contribution in [1.29, 1.82) is 0 Å². The van der Waals surface area contributed by atoms with Gasteiger partial charge in [-0.15, -0.1) is 0 Å². The van der Waals surface area contributed by atoms with Gasteiger partial charge in [0.05, 0.1) is 12.6 Å². The number of rotatable bonds is 5. The van der Waals surface area contributed by atoms with Crippen LogP contribution in [0.5, 0.6) is 0 Å². The number of amides is 1. The Morgan fingerprint density at radius 1 is 1.27 bits per heavy atom. The summed E-state index contributed by atoms with van der Waals surface area (Å²) in [6, 6.07) is -0.413. The molecule has 0 saturated carbocycles. The third kappa shape index (κ3) is 5.52. The average molecular weight is 214 g/mol. The number of carbonyl (C=O) groups is 2. The SMILES string of the molecule is CCNCC(=O)NC(C(C)=O)C(C)(C)C. The predicted molar refractivity (Wildman–Crippen MR) is 60.6 cm³/mol. The van der Waals surface area contributed by atoms with Gasteiger partial charge in [0, 0.05) is 0 Å². The largest absolute Gasteiger partial charge is 0.345 e. The molecule has 0 aliphatic rings. The first kappa shape index (κ1) is 14.1. The number of carbonyl (C=O) groups excluding carboxylic acids is 2. The van der Waals surface area contributed by atoms with Gasteiger partial charge in [0.2, 0.25) is 5.91 Å². The van der Waals surface area contributed by atoms with E-state index < -0.39 is 6.04 Å². The van der Waals surface area contributed by atoms with Crippen molar-refractivity contribution in [3.05, 3.63) is 0 Å². The zero-order chi connectivity index (χ0) is 12.1. The van der Waals surface area contributed by atoms with Crippen molar-refractivity contribution < 1.29 is 9.59 Å². The maximum absolute atomic E-state index is 11.4. The molecule has 0 bridgehead atoms. The van der Waals surface area contributed by atoms with Crippen LogP contribution in [0.15, 0.2) is 0 Å². The molecule has 1 unspecified atom stereocenters. The Balaban J connectivity index is 4.31. The molecule has 1 amide bonds. The van der Waals surface area contributed by atoms with Crippen LogP contribution in [-0.2, 0) is 9.59 Å². The van der Waals surface area contributed by atoms with Gasteiger partial charge in [-0.05, 0) is 18.9 Å². The third-order valence-corrected chi connectivity index (χ3v) is 2.11. The fourth-order valence-electron chi connectivity index (χ4n) is 1.38. The first-order valence-corrected chi connectivity index (χ1v) is 5.29. The standard InChI is InChI=1S/C11H22N2O2/c1-6-12-7-9(15)13-10(8(2)14)11(3,4)5/h10,12H,6-7H2,1-5H3,(H,13,15). The van der Waals surface area contributed by atoms with Crippen molar-refractivity contribution in [2.45, 2.75) is 40.7 Å². The second-order valence-corrected chi connectivity index (χ2v) is 4.76. The Labute approximate surface area is 91.8 Å². The van der Waals surface area contributed by atoms with E-state index in [1.54, 1.807) is 0 Å². The lowest BCUT2D eigenvalue weighted by atomic mass is 9.84. The Morgan fingerprint density at radius 3 is 2.13 bits per heavy atom. The van der Waals surface area contributed by atoms with Crippen LogP contribution in [0.1, 0.15) is 34.6 Å². The molecule has 0 aromatic carbocycles. The summed E-state index contributed by atoms with van der Waals surface area (Å²) >= 11 is 0. The van der Waals surface area contributed by atoms with E-state index in [1.165, 1.54) is 6.92 Å². The molecule has 2 N–H and O–H groups in total. The summed E-state index contributed by atoms with van der Waals surface area (Å²) in [4.78, 5) is 22.8. The lowest BCUT2D eigenvalue weighted by Gasteiger charge is -2.29. The van der Waals surface area contributed by atoms with Crippen molar-refractivity contribution in [2.24, 2.45) is 5.41 Å². The lowest BCUT2D eigenvalue weighted by molar-refractivity contribution is -0.128. The molecule has 88 valence electrons. The molecule has 0 radical (unpaired) electrons. The number of hydrogen-bond acceptors (Lipinski definition) is 3. The molecule has 0 saturated heterocycles. The maximum atomic E-state index is 11.4. The van der Waals surface area contributed by atoms with Gasteiger partial charge < -0.3 is 10.6 Å². The topological polar surface area (TPSA) is 58.2 Å². The highest BCUT2D eigenvalue weighted by Crippen LogP contribution is 2.19. The van der Waals surface area contributed by atoms with Crippen molar-refractivity contribution in [3.63, 3.8) is 0 Å². The van der Waals surface area contributed by atoms with Crippen molar-refractivity contribution in [3.8, 4) is 0 Å². The van der Waals surface area contributed by atoms with Gasteiger partial charge in [-0.2, -0.15) is 0 Å². The summed E-state index contributed by atoms with van der Waals surface area (Å²) in [6.45, 7) is 10.2. The Kier molecular flexibility index (Phi) is 5.50. The van der Waals surface area contributed by atoms with Crippen molar-refractivity contribution >= 4 is 11.7 Å². The zero-order valence-corrected chi connectivity index (χ0v) is 10.3. The Morgan fingerprint density at radius 2 is 1.80 bits per heavy atom. The molecule has 1 atom stereocenters. The van der Waals surface area contributed by atoms with Crippen LogP contribution in [-0.4, -0.2) is 30.8 Å². The fraction of sp³-hybridized carbons (Fsp3) is 0.818. The summed E-state index contributed by atoms with van der Waals surface area (Å²) < 4.78 is 0. The second kappa shape index (κ2) is 5.85. The summed E-state index contributed by atoms with van der Waals surface area (Å²) in [7, 11) is 0. The van der Waals surface area contributed by atoms with Crippen LogP contribution in [0.25, 0.3) is 0 Å². The maximum Gasteiger partial charge on any atom is 0.234 e. The molecule has 0 aliphatic heterocycles. The highest BCUT2D eigenvalue weighted by Gasteiger charge is 2.29. The first-order valence-electron chi connectivity index (χ1n) is 5.29. The minimum absolute atomic E-state index is 0.00708. The van der Waals surface area contributed by atoms with Crippen LogP contribution in [0.2, 0.25) is 0 Å². The Bertz CT molecular complexity index is 231. The fourth-order valence-corrected chi connectivity index (χ4v) is 1.38. The van der Waals surface area contributed by atoms with E-state index in [1.807, 2.05) is 27.7 Å². The molecular formula is C11H22N2O2. The number of Topliss-reactive ketones (excluding diaryl/α,β-unsaturated/α-hetero) is 1. The molecule has 0 aromatic rings. The van der Waals surface area contributed by atoms with E-state index in [9.17, 15) is 9.59 Å². The summed E-state index contributed by atoms with van der Waals surface area (Å²) in [6.07, 6.45) is 0. The van der Waals surface area contributed by atoms with E-state index in [0.717, 1.165) is 6.54 Å². The summed E-state index contributed by atoms with van der Waals surface area (Å²) in [5.74, 6) is -0.140. The molecule has 0 aliphatic carbocycles. The normalized spacial score (nSPS) is 13.4. The second-order valence-electron chi connectivity index (χ2n) is 4.76. The minimum atomic E-state index is -0.413. The van der Waals surface area contributed by atoms with Gasteiger partial charge in [0.1, 0.15) is 0 Å².